The molecule has 0 radical (unpaired) electrons. The van der Waals surface area contributed by atoms with Gasteiger partial charge in [-0.1, -0.05) is 170 Å². The lowest BCUT2D eigenvalue weighted by Gasteiger charge is -2.39. The minimum Gasteiger partial charge on any atom is -0.456 e. The first-order valence-electron chi connectivity index (χ1n) is 21.4. The number of nitrogens with zero attached hydrogens (tertiary/aromatic N) is 4. The van der Waals surface area contributed by atoms with E-state index in [0.717, 1.165) is 60.9 Å². The number of hydrogen-bond donors (Lipinski definition) is 0. The summed E-state index contributed by atoms with van der Waals surface area (Å²) in [5, 5.41) is 4.72. The van der Waals surface area contributed by atoms with Crippen molar-refractivity contribution >= 4 is 43.7 Å². The molecule has 0 saturated heterocycles. The topological polar surface area (TPSA) is 56.7 Å². The van der Waals surface area contributed by atoms with Gasteiger partial charge in [0.05, 0.1) is 22.1 Å². The lowest BCUT2D eigenvalue weighted by Crippen LogP contribution is -2.33. The van der Waals surface area contributed by atoms with Crippen LogP contribution < -0.4 is 0 Å². The lowest BCUT2D eigenvalue weighted by atomic mass is 9.65. The highest BCUT2D eigenvalue weighted by Crippen LogP contribution is 2.62. The molecular formula is C58H34N4O. The average molecular weight is 803 g/mol. The second-order valence-corrected chi connectivity index (χ2v) is 16.7. The van der Waals surface area contributed by atoms with Gasteiger partial charge in [-0.05, 0) is 80.9 Å². The Balaban J connectivity index is 1.10. The molecule has 2 aliphatic rings. The summed E-state index contributed by atoms with van der Waals surface area (Å²) in [5.41, 5.74) is 17.1. The smallest absolute Gasteiger partial charge is 0.164 e. The number of furan rings is 1. The fraction of sp³-hybridized carbons (Fsp3) is 0.0172. The Morgan fingerprint density at radius 1 is 0.365 bits per heavy atom. The summed E-state index contributed by atoms with van der Waals surface area (Å²) in [4.78, 5) is 15.7. The lowest BCUT2D eigenvalue weighted by molar-refractivity contribution is 0.669. The van der Waals surface area contributed by atoms with E-state index in [1.165, 1.54) is 49.7 Å². The van der Waals surface area contributed by atoms with E-state index in [1.807, 2.05) is 48.5 Å². The van der Waals surface area contributed by atoms with Gasteiger partial charge in [-0.25, -0.2) is 15.0 Å². The van der Waals surface area contributed by atoms with Gasteiger partial charge in [-0.3, -0.25) is 0 Å². The molecule has 12 aromatic rings. The van der Waals surface area contributed by atoms with Gasteiger partial charge in [0.15, 0.2) is 17.5 Å². The van der Waals surface area contributed by atoms with Crippen LogP contribution in [0.2, 0.25) is 0 Å². The number of hydrogen-bond acceptors (Lipinski definition) is 4. The number of fused-ring (bicyclic) bond motifs is 15. The number of rotatable bonds is 4. The van der Waals surface area contributed by atoms with Gasteiger partial charge in [-0.15, -0.1) is 0 Å². The van der Waals surface area contributed by atoms with Crippen LogP contribution in [-0.4, -0.2) is 19.5 Å². The van der Waals surface area contributed by atoms with Crippen molar-refractivity contribution in [2.24, 2.45) is 0 Å². The SMILES string of the molecule is c1ccc(-c2nc(-c3ccccc3)nc(-c3cccc4c3-c3cc(-c5ccc6oc7ccccc7c6c5)ccc3C43c4ccccc4-n4c5ccccc5c5cccc3c54)n2)cc1. The van der Waals surface area contributed by atoms with E-state index in [4.69, 9.17) is 19.4 Å². The summed E-state index contributed by atoms with van der Waals surface area (Å²) in [5.74, 6) is 1.91. The van der Waals surface area contributed by atoms with Crippen LogP contribution in [0.4, 0.5) is 0 Å². The molecule has 0 amide bonds. The van der Waals surface area contributed by atoms with Crippen LogP contribution in [0.3, 0.4) is 0 Å². The highest BCUT2D eigenvalue weighted by Gasteiger charge is 2.51. The highest BCUT2D eigenvalue weighted by atomic mass is 16.3. The van der Waals surface area contributed by atoms with E-state index in [-0.39, 0.29) is 0 Å². The van der Waals surface area contributed by atoms with Crippen LogP contribution >= 0.6 is 0 Å². The molecule has 1 unspecified atom stereocenters. The first-order valence-corrected chi connectivity index (χ1v) is 21.4. The highest BCUT2D eigenvalue weighted by molar-refractivity contribution is 6.13. The first-order chi connectivity index (χ1) is 31.2. The van der Waals surface area contributed by atoms with E-state index in [9.17, 15) is 0 Å². The molecule has 292 valence electrons. The van der Waals surface area contributed by atoms with E-state index in [0.29, 0.717) is 17.5 Å². The quantitative estimate of drug-likeness (QED) is 0.178. The number of para-hydroxylation sites is 4. The first kappa shape index (κ1) is 34.3. The van der Waals surface area contributed by atoms with Gasteiger partial charge < -0.3 is 8.98 Å². The van der Waals surface area contributed by atoms with E-state index >= 15 is 0 Å². The molecule has 4 heterocycles. The van der Waals surface area contributed by atoms with Crippen LogP contribution in [0, 0.1) is 0 Å². The average Bonchev–Trinajstić information content (AvgIpc) is 4.00. The summed E-state index contributed by atoms with van der Waals surface area (Å²) in [6, 6.07) is 73.9. The third-order valence-corrected chi connectivity index (χ3v) is 13.5. The van der Waals surface area contributed by atoms with Gasteiger partial charge in [0.25, 0.3) is 0 Å². The fourth-order valence-corrected chi connectivity index (χ4v) is 10.9. The summed E-state index contributed by atoms with van der Waals surface area (Å²) in [6.45, 7) is 0. The maximum atomic E-state index is 6.28. The van der Waals surface area contributed by atoms with Gasteiger partial charge in [0.2, 0.25) is 0 Å². The van der Waals surface area contributed by atoms with Crippen molar-refractivity contribution in [1.29, 1.82) is 0 Å². The maximum Gasteiger partial charge on any atom is 0.164 e. The molecular weight excluding hydrogens is 769 g/mol. The van der Waals surface area contributed by atoms with Crippen LogP contribution in [-0.2, 0) is 5.41 Å². The van der Waals surface area contributed by atoms with Crippen LogP contribution in [0.5, 0.6) is 0 Å². The van der Waals surface area contributed by atoms with Crippen molar-refractivity contribution in [3.63, 3.8) is 0 Å². The second-order valence-electron chi connectivity index (χ2n) is 16.7. The van der Waals surface area contributed by atoms with E-state index < -0.39 is 5.41 Å². The summed E-state index contributed by atoms with van der Waals surface area (Å²) in [7, 11) is 0. The minimum atomic E-state index is -0.651. The predicted octanol–water partition coefficient (Wildman–Crippen LogP) is 14.2. The molecule has 9 aromatic carbocycles. The van der Waals surface area contributed by atoms with Gasteiger partial charge in [-0.2, -0.15) is 0 Å². The van der Waals surface area contributed by atoms with Gasteiger partial charge in [0, 0.05) is 38.2 Å². The van der Waals surface area contributed by atoms with Crippen LogP contribution in [0.25, 0.3) is 106 Å². The molecule has 14 rings (SSSR count). The van der Waals surface area contributed by atoms with Crippen molar-refractivity contribution in [2.75, 3.05) is 0 Å². The minimum absolute atomic E-state index is 0.635. The zero-order chi connectivity index (χ0) is 41.2. The van der Waals surface area contributed by atoms with Crippen LogP contribution in [0.15, 0.2) is 211 Å². The Morgan fingerprint density at radius 2 is 0.968 bits per heavy atom. The normalized spacial score (nSPS) is 14.7. The fourth-order valence-electron chi connectivity index (χ4n) is 10.9. The Morgan fingerprint density at radius 3 is 1.79 bits per heavy atom. The second kappa shape index (κ2) is 12.8. The van der Waals surface area contributed by atoms with E-state index in [1.54, 1.807) is 0 Å². The Kier molecular flexibility index (Phi) is 6.97. The zero-order valence-corrected chi connectivity index (χ0v) is 33.8. The maximum absolute atomic E-state index is 6.28. The van der Waals surface area contributed by atoms with Crippen molar-refractivity contribution in [1.82, 2.24) is 19.5 Å². The van der Waals surface area contributed by atoms with Gasteiger partial charge >= 0.3 is 0 Å². The molecule has 63 heavy (non-hydrogen) atoms. The standard InChI is InChI=1S/C58H34N4O/c1-3-15-35(16-4-1)55-59-56(36-17-5-2-6-18-36)61-57(60-55)42-22-14-24-47-53(42)44-34-37(38-30-32-52-43(33-38)40-20-8-12-28-51(40)63-52)29-31-45(44)58(47)46-23-9-11-27-50(46)62-49-26-10-7-19-39(49)41-21-13-25-48(58)54(41)62/h1-34H. The molecule has 0 N–H and O–H groups in total. The number of aromatic nitrogens is 4. The third-order valence-electron chi connectivity index (χ3n) is 13.5. The van der Waals surface area contributed by atoms with Gasteiger partial charge in [0.1, 0.15) is 11.2 Å². The molecule has 3 aromatic heterocycles. The molecule has 1 spiro atoms. The Hall–Kier alpha value is -8.41. The molecule has 0 saturated carbocycles. The third kappa shape index (κ3) is 4.68. The van der Waals surface area contributed by atoms with Crippen molar-refractivity contribution in [3.05, 3.63) is 229 Å². The summed E-state index contributed by atoms with van der Waals surface area (Å²) < 4.78 is 8.77. The summed E-state index contributed by atoms with van der Waals surface area (Å²) >= 11 is 0. The monoisotopic (exact) mass is 802 g/mol. The zero-order valence-electron chi connectivity index (χ0n) is 33.8. The Labute approximate surface area is 362 Å². The van der Waals surface area contributed by atoms with Crippen molar-refractivity contribution in [2.45, 2.75) is 5.41 Å². The molecule has 1 atom stereocenters. The molecule has 5 heteroatoms. The Bertz CT molecular complexity index is 3810. The predicted molar refractivity (Wildman–Crippen MR) is 254 cm³/mol. The van der Waals surface area contributed by atoms with Crippen molar-refractivity contribution in [3.8, 4) is 62.1 Å². The van der Waals surface area contributed by atoms with Crippen molar-refractivity contribution < 1.29 is 4.42 Å². The molecule has 1 aliphatic heterocycles. The molecule has 0 bridgehead atoms. The largest absolute Gasteiger partial charge is 0.456 e. The molecule has 1 aliphatic carbocycles. The van der Waals surface area contributed by atoms with Crippen LogP contribution in [0.1, 0.15) is 22.3 Å². The van der Waals surface area contributed by atoms with E-state index in [2.05, 4.69) is 162 Å². The molecule has 5 nitrogen and oxygen atoms in total. The number of benzene rings is 9. The molecule has 0 fully saturated rings. The summed E-state index contributed by atoms with van der Waals surface area (Å²) in [6.07, 6.45) is 0.